The summed E-state index contributed by atoms with van der Waals surface area (Å²) >= 11 is 3.20. The highest BCUT2D eigenvalue weighted by molar-refractivity contribution is 9.10. The van der Waals surface area contributed by atoms with E-state index in [0.717, 1.165) is 0 Å². The smallest absolute Gasteiger partial charge is 0.173 e. The van der Waals surface area contributed by atoms with Crippen LogP contribution in [0.5, 0.6) is 0 Å². The van der Waals surface area contributed by atoms with Crippen molar-refractivity contribution < 1.29 is 12.8 Å². The number of hydrogen-bond donors (Lipinski definition) is 1. The first-order valence-electron chi connectivity index (χ1n) is 5.49. The zero-order chi connectivity index (χ0) is 13.3. The minimum absolute atomic E-state index is 0.0372. The van der Waals surface area contributed by atoms with Crippen LogP contribution in [-0.4, -0.2) is 20.2 Å². The Hall–Kier alpha value is -0.720. The van der Waals surface area contributed by atoms with Crippen LogP contribution in [0.2, 0.25) is 0 Å². The lowest BCUT2D eigenvalue weighted by molar-refractivity contribution is 0.505. The van der Waals surface area contributed by atoms with Gasteiger partial charge in [0.2, 0.25) is 0 Å². The van der Waals surface area contributed by atoms with Gasteiger partial charge in [-0.2, -0.15) is 0 Å². The standard InChI is InChI=1S/C12H13BrFNO2S/c1-8(11-3-2-9(13)6-12(11)14)15-10-4-5-18(16,17)7-10/h2-6,8,10,15H,7H2,1H3. The molecule has 0 radical (unpaired) electrons. The zero-order valence-corrected chi connectivity index (χ0v) is 12.1. The molecule has 0 fully saturated rings. The number of benzene rings is 1. The second-order valence-corrected chi connectivity index (χ2v) is 7.17. The summed E-state index contributed by atoms with van der Waals surface area (Å²) in [6.45, 7) is 1.81. The summed E-state index contributed by atoms with van der Waals surface area (Å²) in [5, 5.41) is 4.29. The monoisotopic (exact) mass is 333 g/mol. The Balaban J connectivity index is 2.09. The van der Waals surface area contributed by atoms with Crippen LogP contribution < -0.4 is 5.32 Å². The number of nitrogens with one attached hydrogen (secondary N) is 1. The van der Waals surface area contributed by atoms with E-state index in [1.54, 1.807) is 18.2 Å². The van der Waals surface area contributed by atoms with E-state index >= 15 is 0 Å². The molecule has 2 atom stereocenters. The molecule has 0 bridgehead atoms. The van der Waals surface area contributed by atoms with Gasteiger partial charge in [0.25, 0.3) is 0 Å². The van der Waals surface area contributed by atoms with E-state index in [2.05, 4.69) is 21.2 Å². The molecule has 2 rings (SSSR count). The van der Waals surface area contributed by atoms with Crippen molar-refractivity contribution in [2.24, 2.45) is 0 Å². The van der Waals surface area contributed by atoms with Gasteiger partial charge < -0.3 is 5.32 Å². The molecule has 1 heterocycles. The van der Waals surface area contributed by atoms with E-state index in [4.69, 9.17) is 0 Å². The van der Waals surface area contributed by atoms with E-state index in [0.29, 0.717) is 10.0 Å². The van der Waals surface area contributed by atoms with Crippen LogP contribution in [0.4, 0.5) is 4.39 Å². The molecule has 6 heteroatoms. The highest BCUT2D eigenvalue weighted by Gasteiger charge is 2.23. The second kappa shape index (κ2) is 5.11. The van der Waals surface area contributed by atoms with Crippen molar-refractivity contribution in [3.63, 3.8) is 0 Å². The number of halogens is 2. The quantitative estimate of drug-likeness (QED) is 0.924. The molecule has 1 aliphatic rings. The van der Waals surface area contributed by atoms with Gasteiger partial charge in [-0.25, -0.2) is 12.8 Å². The van der Waals surface area contributed by atoms with E-state index in [9.17, 15) is 12.8 Å². The summed E-state index contributed by atoms with van der Waals surface area (Å²) in [4.78, 5) is 0. The average molecular weight is 334 g/mol. The molecular weight excluding hydrogens is 321 g/mol. The molecule has 1 aliphatic heterocycles. The van der Waals surface area contributed by atoms with Crippen molar-refractivity contribution in [1.29, 1.82) is 0 Å². The summed E-state index contributed by atoms with van der Waals surface area (Å²) in [7, 11) is -3.08. The molecule has 98 valence electrons. The van der Waals surface area contributed by atoms with Crippen molar-refractivity contribution in [1.82, 2.24) is 5.32 Å². The lowest BCUT2D eigenvalue weighted by atomic mass is 10.1. The van der Waals surface area contributed by atoms with Gasteiger partial charge in [0.1, 0.15) is 5.82 Å². The lowest BCUT2D eigenvalue weighted by Gasteiger charge is -2.18. The van der Waals surface area contributed by atoms with Crippen LogP contribution in [0.3, 0.4) is 0 Å². The SMILES string of the molecule is CC(NC1C=CS(=O)(=O)C1)c1ccc(Br)cc1F. The number of sulfone groups is 1. The molecule has 2 unspecified atom stereocenters. The predicted molar refractivity (Wildman–Crippen MR) is 72.4 cm³/mol. The van der Waals surface area contributed by atoms with Crippen LogP contribution in [0.15, 0.2) is 34.2 Å². The number of hydrogen-bond acceptors (Lipinski definition) is 3. The van der Waals surface area contributed by atoms with Crippen molar-refractivity contribution in [2.75, 3.05) is 5.75 Å². The molecule has 0 saturated carbocycles. The topological polar surface area (TPSA) is 46.2 Å². The highest BCUT2D eigenvalue weighted by Crippen LogP contribution is 2.22. The lowest BCUT2D eigenvalue weighted by Crippen LogP contribution is -2.32. The first kappa shape index (κ1) is 13.7. The maximum Gasteiger partial charge on any atom is 0.173 e. The summed E-state index contributed by atoms with van der Waals surface area (Å²) in [6, 6.07) is 4.34. The van der Waals surface area contributed by atoms with Gasteiger partial charge in [0.15, 0.2) is 9.84 Å². The first-order chi connectivity index (χ1) is 8.37. The predicted octanol–water partition coefficient (Wildman–Crippen LogP) is 2.55. The Kier molecular flexibility index (Phi) is 3.89. The fourth-order valence-corrected chi connectivity index (χ4v) is 3.52. The zero-order valence-electron chi connectivity index (χ0n) is 9.73. The van der Waals surface area contributed by atoms with Crippen LogP contribution in [-0.2, 0) is 9.84 Å². The van der Waals surface area contributed by atoms with Crippen LogP contribution >= 0.6 is 15.9 Å². The van der Waals surface area contributed by atoms with Crippen LogP contribution in [0.25, 0.3) is 0 Å². The molecule has 0 amide bonds. The summed E-state index contributed by atoms with van der Waals surface area (Å²) in [5.41, 5.74) is 0.524. The summed E-state index contributed by atoms with van der Waals surface area (Å²) in [6.07, 6.45) is 1.60. The third kappa shape index (κ3) is 3.18. The Morgan fingerprint density at radius 3 is 2.78 bits per heavy atom. The minimum atomic E-state index is -3.08. The first-order valence-corrected chi connectivity index (χ1v) is 8.00. The fraction of sp³-hybridized carbons (Fsp3) is 0.333. The Bertz CT molecular complexity index is 586. The fourth-order valence-electron chi connectivity index (χ4n) is 1.94. The normalized spacial score (nSPS) is 23.2. The summed E-state index contributed by atoms with van der Waals surface area (Å²) in [5.74, 6) is -0.274. The van der Waals surface area contributed by atoms with Gasteiger partial charge in [-0.1, -0.05) is 28.1 Å². The maximum absolute atomic E-state index is 13.7. The Morgan fingerprint density at radius 1 is 1.50 bits per heavy atom. The summed E-state index contributed by atoms with van der Waals surface area (Å²) < 4.78 is 36.9. The third-order valence-corrected chi connectivity index (χ3v) is 4.71. The molecule has 0 aromatic heterocycles. The molecule has 0 saturated heterocycles. The highest BCUT2D eigenvalue weighted by atomic mass is 79.9. The van der Waals surface area contributed by atoms with Crippen molar-refractivity contribution in [3.05, 3.63) is 45.5 Å². The molecule has 0 spiro atoms. The maximum atomic E-state index is 13.7. The van der Waals surface area contributed by atoms with Gasteiger partial charge >= 0.3 is 0 Å². The molecule has 18 heavy (non-hydrogen) atoms. The molecule has 1 N–H and O–H groups in total. The van der Waals surface area contributed by atoms with Gasteiger partial charge in [-0.15, -0.1) is 0 Å². The van der Waals surface area contributed by atoms with Crippen molar-refractivity contribution in [2.45, 2.75) is 19.0 Å². The van der Waals surface area contributed by atoms with Crippen LogP contribution in [0, 0.1) is 5.82 Å². The molecule has 1 aromatic rings. The van der Waals surface area contributed by atoms with Gasteiger partial charge in [-0.05, 0) is 19.1 Å². The Morgan fingerprint density at radius 2 is 2.22 bits per heavy atom. The van der Waals surface area contributed by atoms with Crippen molar-refractivity contribution in [3.8, 4) is 0 Å². The van der Waals surface area contributed by atoms with E-state index < -0.39 is 9.84 Å². The second-order valence-electron chi connectivity index (χ2n) is 4.32. The molecular formula is C12H13BrFNO2S. The van der Waals surface area contributed by atoms with Gasteiger partial charge in [0.05, 0.1) is 5.75 Å². The molecule has 0 aliphatic carbocycles. The van der Waals surface area contributed by atoms with Crippen LogP contribution in [0.1, 0.15) is 18.5 Å². The average Bonchev–Trinajstić information content (AvgIpc) is 2.57. The molecule has 3 nitrogen and oxygen atoms in total. The van der Waals surface area contributed by atoms with E-state index in [-0.39, 0.29) is 23.7 Å². The minimum Gasteiger partial charge on any atom is -0.303 e. The largest absolute Gasteiger partial charge is 0.303 e. The Labute approximate surface area is 114 Å². The number of rotatable bonds is 3. The van der Waals surface area contributed by atoms with Gasteiger partial charge in [-0.3, -0.25) is 0 Å². The van der Waals surface area contributed by atoms with Crippen molar-refractivity contribution >= 4 is 25.8 Å². The van der Waals surface area contributed by atoms with E-state index in [1.807, 2.05) is 6.92 Å². The van der Waals surface area contributed by atoms with Gasteiger partial charge in [0, 0.05) is 27.5 Å². The molecule has 1 aromatic carbocycles. The third-order valence-electron chi connectivity index (χ3n) is 2.82. The van der Waals surface area contributed by atoms with E-state index in [1.165, 1.54) is 11.5 Å².